The quantitative estimate of drug-likeness (QED) is 0.432. The molecule has 0 aliphatic carbocycles. The third-order valence-corrected chi connectivity index (χ3v) is 4.45. The summed E-state index contributed by atoms with van der Waals surface area (Å²) in [5, 5.41) is 16.3. The topological polar surface area (TPSA) is 69.1 Å². The van der Waals surface area contributed by atoms with Gasteiger partial charge in [-0.15, -0.1) is 0 Å². The van der Waals surface area contributed by atoms with Gasteiger partial charge in [-0.2, -0.15) is 0 Å². The van der Waals surface area contributed by atoms with Gasteiger partial charge in [0.05, 0.1) is 6.61 Å². The van der Waals surface area contributed by atoms with E-state index in [1.807, 2.05) is 68.7 Å². The number of aliphatic hydroxyl groups is 1. The van der Waals surface area contributed by atoms with Crippen LogP contribution in [-0.4, -0.2) is 63.4 Å². The van der Waals surface area contributed by atoms with Gasteiger partial charge in [0.25, 0.3) is 0 Å². The second-order valence-corrected chi connectivity index (χ2v) is 6.86. The predicted molar refractivity (Wildman–Crippen MR) is 115 cm³/mol. The van der Waals surface area contributed by atoms with Crippen molar-refractivity contribution in [1.82, 2.24) is 15.5 Å². The summed E-state index contributed by atoms with van der Waals surface area (Å²) in [6, 6.07) is 18.0. The SMILES string of the molecule is CN=C(NCc1ccccc1OCCN(C)C)NCC(CO)c1ccccc1. The van der Waals surface area contributed by atoms with E-state index in [9.17, 15) is 5.11 Å². The van der Waals surface area contributed by atoms with Gasteiger partial charge in [0, 0.05) is 38.2 Å². The highest BCUT2D eigenvalue weighted by molar-refractivity contribution is 5.79. The number of aliphatic hydroxyl groups excluding tert-OH is 1. The van der Waals surface area contributed by atoms with Crippen LogP contribution in [0.4, 0.5) is 0 Å². The molecule has 1 unspecified atom stereocenters. The number of para-hydroxylation sites is 1. The van der Waals surface area contributed by atoms with Crippen LogP contribution in [0.1, 0.15) is 17.0 Å². The van der Waals surface area contributed by atoms with Crippen molar-refractivity contribution in [3.63, 3.8) is 0 Å². The number of guanidine groups is 1. The number of hydrogen-bond donors (Lipinski definition) is 3. The maximum absolute atomic E-state index is 9.71. The first-order valence-corrected chi connectivity index (χ1v) is 9.59. The molecule has 1 atom stereocenters. The largest absolute Gasteiger partial charge is 0.492 e. The van der Waals surface area contributed by atoms with Crippen molar-refractivity contribution in [3.8, 4) is 5.75 Å². The Bertz CT molecular complexity index is 719. The van der Waals surface area contributed by atoms with Crippen molar-refractivity contribution in [2.45, 2.75) is 12.5 Å². The lowest BCUT2D eigenvalue weighted by atomic mass is 10.0. The summed E-state index contributed by atoms with van der Waals surface area (Å²) in [4.78, 5) is 6.38. The monoisotopic (exact) mass is 384 g/mol. The summed E-state index contributed by atoms with van der Waals surface area (Å²) in [7, 11) is 5.80. The zero-order valence-electron chi connectivity index (χ0n) is 17.1. The van der Waals surface area contributed by atoms with E-state index in [1.54, 1.807) is 7.05 Å². The van der Waals surface area contributed by atoms with E-state index in [-0.39, 0.29) is 12.5 Å². The number of nitrogens with one attached hydrogen (secondary N) is 2. The number of benzene rings is 2. The van der Waals surface area contributed by atoms with Gasteiger partial charge in [0.2, 0.25) is 0 Å². The summed E-state index contributed by atoms with van der Waals surface area (Å²) >= 11 is 0. The molecule has 0 aromatic heterocycles. The molecule has 0 fully saturated rings. The summed E-state index contributed by atoms with van der Waals surface area (Å²) < 4.78 is 5.91. The molecule has 2 aromatic rings. The van der Waals surface area contributed by atoms with E-state index in [0.717, 1.165) is 23.4 Å². The fourth-order valence-electron chi connectivity index (χ4n) is 2.76. The first-order valence-electron chi connectivity index (χ1n) is 9.59. The highest BCUT2D eigenvalue weighted by atomic mass is 16.5. The summed E-state index contributed by atoms with van der Waals surface area (Å²) in [5.74, 6) is 1.59. The molecule has 6 heteroatoms. The molecule has 0 bridgehead atoms. The van der Waals surface area contributed by atoms with Crippen LogP contribution < -0.4 is 15.4 Å². The van der Waals surface area contributed by atoms with Crippen LogP contribution in [0.5, 0.6) is 5.75 Å². The Morgan fingerprint density at radius 3 is 2.46 bits per heavy atom. The average molecular weight is 385 g/mol. The fraction of sp³-hybridized carbons (Fsp3) is 0.409. The van der Waals surface area contributed by atoms with Crippen molar-refractivity contribution >= 4 is 5.96 Å². The van der Waals surface area contributed by atoms with Crippen molar-refractivity contribution in [1.29, 1.82) is 0 Å². The Hall–Kier alpha value is -2.57. The Kier molecular flexibility index (Phi) is 9.31. The van der Waals surface area contributed by atoms with E-state index in [1.165, 1.54) is 0 Å². The number of ether oxygens (including phenoxy) is 1. The smallest absolute Gasteiger partial charge is 0.191 e. The van der Waals surface area contributed by atoms with Crippen molar-refractivity contribution in [2.75, 3.05) is 47.4 Å². The lowest BCUT2D eigenvalue weighted by Crippen LogP contribution is -2.39. The van der Waals surface area contributed by atoms with E-state index in [2.05, 4.69) is 20.5 Å². The maximum atomic E-state index is 9.71. The lowest BCUT2D eigenvalue weighted by molar-refractivity contribution is 0.259. The van der Waals surface area contributed by atoms with Gasteiger partial charge < -0.3 is 25.4 Å². The van der Waals surface area contributed by atoms with Gasteiger partial charge in [0.15, 0.2) is 5.96 Å². The maximum Gasteiger partial charge on any atom is 0.191 e. The molecule has 2 aromatic carbocycles. The standard InChI is InChI=1S/C22H32N4O2/c1-23-22(25-16-20(17-27)18-9-5-4-6-10-18)24-15-19-11-7-8-12-21(19)28-14-13-26(2)3/h4-12,20,27H,13-17H2,1-3H3,(H2,23,24,25). The van der Waals surface area contributed by atoms with Gasteiger partial charge >= 0.3 is 0 Å². The van der Waals surface area contributed by atoms with E-state index < -0.39 is 0 Å². The number of aliphatic imine (C=N–C) groups is 1. The molecule has 28 heavy (non-hydrogen) atoms. The predicted octanol–water partition coefficient (Wildman–Crippen LogP) is 2.07. The molecule has 0 aliphatic heterocycles. The van der Waals surface area contributed by atoms with Crippen molar-refractivity contribution in [3.05, 3.63) is 65.7 Å². The second kappa shape index (κ2) is 12.0. The van der Waals surface area contributed by atoms with E-state index in [4.69, 9.17) is 4.74 Å². The highest BCUT2D eigenvalue weighted by Crippen LogP contribution is 2.18. The normalized spacial score (nSPS) is 12.7. The fourth-order valence-corrected chi connectivity index (χ4v) is 2.76. The van der Waals surface area contributed by atoms with Crippen LogP contribution in [0.15, 0.2) is 59.6 Å². The average Bonchev–Trinajstić information content (AvgIpc) is 2.72. The number of nitrogens with zero attached hydrogens (tertiary/aromatic N) is 2. The van der Waals surface area contributed by atoms with Crippen LogP contribution in [0.25, 0.3) is 0 Å². The van der Waals surface area contributed by atoms with Crippen molar-refractivity contribution in [2.24, 2.45) is 4.99 Å². The van der Waals surface area contributed by atoms with Crippen LogP contribution in [0, 0.1) is 0 Å². The molecule has 2 rings (SSSR count). The summed E-state index contributed by atoms with van der Waals surface area (Å²) in [6.45, 7) is 2.80. The zero-order chi connectivity index (χ0) is 20.2. The molecule has 0 amide bonds. The molecule has 0 radical (unpaired) electrons. The molecule has 152 valence electrons. The van der Waals surface area contributed by atoms with Gasteiger partial charge in [-0.05, 0) is 25.7 Å². The number of likely N-dealkylation sites (N-methyl/N-ethyl adjacent to an activating group) is 1. The molecule has 6 nitrogen and oxygen atoms in total. The van der Waals surface area contributed by atoms with Crippen LogP contribution >= 0.6 is 0 Å². The molecule has 0 spiro atoms. The Labute approximate surface area is 168 Å². The van der Waals surface area contributed by atoms with E-state index in [0.29, 0.717) is 25.7 Å². The second-order valence-electron chi connectivity index (χ2n) is 6.86. The van der Waals surface area contributed by atoms with Crippen LogP contribution in [0.2, 0.25) is 0 Å². The zero-order valence-corrected chi connectivity index (χ0v) is 17.1. The van der Waals surface area contributed by atoms with Crippen molar-refractivity contribution < 1.29 is 9.84 Å². The number of hydrogen-bond acceptors (Lipinski definition) is 4. The highest BCUT2D eigenvalue weighted by Gasteiger charge is 2.11. The van der Waals surface area contributed by atoms with Crippen LogP contribution in [0.3, 0.4) is 0 Å². The van der Waals surface area contributed by atoms with Crippen LogP contribution in [-0.2, 0) is 6.54 Å². The molecular formula is C22H32N4O2. The summed E-state index contributed by atoms with van der Waals surface area (Å²) in [6.07, 6.45) is 0. The first kappa shape index (κ1) is 21.7. The van der Waals surface area contributed by atoms with Gasteiger partial charge in [0.1, 0.15) is 12.4 Å². The third-order valence-electron chi connectivity index (χ3n) is 4.45. The molecule has 0 saturated carbocycles. The molecule has 0 aliphatic rings. The Morgan fingerprint density at radius 1 is 1.07 bits per heavy atom. The van der Waals surface area contributed by atoms with Gasteiger partial charge in [-0.25, -0.2) is 0 Å². The molecule has 3 N–H and O–H groups in total. The lowest BCUT2D eigenvalue weighted by Gasteiger charge is -2.19. The number of rotatable bonds is 10. The van der Waals surface area contributed by atoms with E-state index >= 15 is 0 Å². The minimum absolute atomic E-state index is 0.0152. The summed E-state index contributed by atoms with van der Waals surface area (Å²) in [5.41, 5.74) is 2.18. The minimum atomic E-state index is 0.0152. The first-order chi connectivity index (χ1) is 13.6. The molecule has 0 saturated heterocycles. The molecular weight excluding hydrogens is 352 g/mol. The molecule has 0 heterocycles. The van der Waals surface area contributed by atoms with Gasteiger partial charge in [-0.3, -0.25) is 4.99 Å². The Morgan fingerprint density at radius 2 is 1.79 bits per heavy atom. The van der Waals surface area contributed by atoms with Gasteiger partial charge in [-0.1, -0.05) is 48.5 Å². The third kappa shape index (κ3) is 7.21. The Balaban J connectivity index is 1.88. The minimum Gasteiger partial charge on any atom is -0.492 e.